The van der Waals surface area contributed by atoms with E-state index in [4.69, 9.17) is 4.74 Å². The third kappa shape index (κ3) is 2.72. The molecule has 0 aromatic heterocycles. The fraction of sp³-hybridized carbons (Fsp3) is 0.600. The van der Waals surface area contributed by atoms with Crippen molar-refractivity contribution in [2.24, 2.45) is 28.3 Å². The highest BCUT2D eigenvalue weighted by Gasteiger charge is 2.52. The van der Waals surface area contributed by atoms with E-state index >= 15 is 0 Å². The molecule has 0 saturated heterocycles. The number of methoxy groups -OCH3 is 1. The second-order valence-electron chi connectivity index (χ2n) is 8.07. The fourth-order valence-electron chi connectivity index (χ4n) is 5.64. The van der Waals surface area contributed by atoms with Gasteiger partial charge in [-0.05, 0) is 81.4 Å². The van der Waals surface area contributed by atoms with Crippen LogP contribution in [0.4, 0.5) is 0 Å². The second kappa shape index (κ2) is 5.91. The standard InChI is InChI=1S/C20H26N2O2/c1-13(20-10-14-6-15(11-20)8-16(7-14)12-20)21-22-19(23)17-4-3-5-18(9-17)24-2/h3-5,9,14-16H,6-8,10-12H2,1-2H3,(H,22,23)/b21-13-. The van der Waals surface area contributed by atoms with Crippen molar-refractivity contribution in [2.45, 2.75) is 45.4 Å². The largest absolute Gasteiger partial charge is 0.497 e. The summed E-state index contributed by atoms with van der Waals surface area (Å²) in [5.74, 6) is 3.17. The van der Waals surface area contributed by atoms with Gasteiger partial charge in [-0.3, -0.25) is 4.79 Å². The molecule has 1 aromatic carbocycles. The Morgan fingerprint density at radius 2 is 1.79 bits per heavy atom. The number of carbonyl (C=O) groups is 1. The van der Waals surface area contributed by atoms with Crippen LogP contribution in [0.15, 0.2) is 29.4 Å². The molecule has 1 amide bonds. The summed E-state index contributed by atoms with van der Waals surface area (Å²) >= 11 is 0. The quantitative estimate of drug-likeness (QED) is 0.671. The average molecular weight is 326 g/mol. The van der Waals surface area contributed by atoms with Crippen molar-refractivity contribution in [3.63, 3.8) is 0 Å². The highest BCUT2D eigenvalue weighted by atomic mass is 16.5. The van der Waals surface area contributed by atoms with Gasteiger partial charge >= 0.3 is 0 Å². The van der Waals surface area contributed by atoms with Crippen LogP contribution in [0.3, 0.4) is 0 Å². The lowest BCUT2D eigenvalue weighted by Crippen LogP contribution is -2.49. The minimum absolute atomic E-state index is 0.169. The normalized spacial score (nSPS) is 34.2. The number of amides is 1. The maximum absolute atomic E-state index is 12.4. The van der Waals surface area contributed by atoms with Crippen LogP contribution in [0.1, 0.15) is 55.8 Å². The molecule has 0 spiro atoms. The van der Waals surface area contributed by atoms with Crippen LogP contribution in [-0.4, -0.2) is 18.7 Å². The third-order valence-electron chi connectivity index (χ3n) is 6.46. The summed E-state index contributed by atoms with van der Waals surface area (Å²) in [4.78, 5) is 12.4. The summed E-state index contributed by atoms with van der Waals surface area (Å²) in [5, 5.41) is 4.52. The molecule has 1 N–H and O–H groups in total. The molecule has 4 saturated carbocycles. The highest BCUT2D eigenvalue weighted by Crippen LogP contribution is 2.60. The second-order valence-corrected chi connectivity index (χ2v) is 8.07. The molecule has 4 aliphatic rings. The van der Waals surface area contributed by atoms with Gasteiger partial charge in [-0.2, -0.15) is 5.10 Å². The van der Waals surface area contributed by atoms with E-state index in [-0.39, 0.29) is 11.3 Å². The Morgan fingerprint density at radius 1 is 1.17 bits per heavy atom. The minimum atomic E-state index is -0.169. The molecule has 0 aliphatic heterocycles. The minimum Gasteiger partial charge on any atom is -0.497 e. The van der Waals surface area contributed by atoms with Crippen molar-refractivity contribution in [2.75, 3.05) is 7.11 Å². The molecule has 4 bridgehead atoms. The van der Waals surface area contributed by atoms with Crippen molar-refractivity contribution in [1.82, 2.24) is 5.43 Å². The van der Waals surface area contributed by atoms with E-state index in [1.807, 2.05) is 12.1 Å². The van der Waals surface area contributed by atoms with Crippen molar-refractivity contribution >= 4 is 11.6 Å². The maximum Gasteiger partial charge on any atom is 0.271 e. The SMILES string of the molecule is COc1cccc(C(=O)N/N=C(/C)C23CC4CC(CC(C4)C2)C3)c1. The number of nitrogens with one attached hydrogen (secondary N) is 1. The molecule has 0 radical (unpaired) electrons. The number of nitrogens with zero attached hydrogens (tertiary/aromatic N) is 1. The molecular weight excluding hydrogens is 300 g/mol. The smallest absolute Gasteiger partial charge is 0.271 e. The Bertz CT molecular complexity index is 645. The molecule has 4 fully saturated rings. The first-order valence-corrected chi connectivity index (χ1v) is 9.07. The molecular formula is C20H26N2O2. The van der Waals surface area contributed by atoms with Gasteiger partial charge in [0.25, 0.3) is 5.91 Å². The lowest BCUT2D eigenvalue weighted by molar-refractivity contribution is -0.0128. The van der Waals surface area contributed by atoms with Gasteiger partial charge < -0.3 is 4.74 Å². The van der Waals surface area contributed by atoms with E-state index in [0.717, 1.165) is 23.5 Å². The lowest BCUT2D eigenvalue weighted by Gasteiger charge is -2.56. The first kappa shape index (κ1) is 15.7. The van der Waals surface area contributed by atoms with Crippen LogP contribution >= 0.6 is 0 Å². The molecule has 4 heteroatoms. The number of hydrogen-bond donors (Lipinski definition) is 1. The van der Waals surface area contributed by atoms with Gasteiger partial charge in [-0.15, -0.1) is 0 Å². The molecule has 128 valence electrons. The van der Waals surface area contributed by atoms with Crippen LogP contribution in [0.25, 0.3) is 0 Å². The van der Waals surface area contributed by atoms with E-state index in [1.54, 1.807) is 19.2 Å². The Balaban J connectivity index is 1.48. The number of carbonyl (C=O) groups excluding carboxylic acids is 1. The first-order valence-electron chi connectivity index (χ1n) is 9.07. The zero-order chi connectivity index (χ0) is 16.7. The number of benzene rings is 1. The van der Waals surface area contributed by atoms with Crippen molar-refractivity contribution in [1.29, 1.82) is 0 Å². The summed E-state index contributed by atoms with van der Waals surface area (Å²) in [6.45, 7) is 2.11. The van der Waals surface area contributed by atoms with Crippen LogP contribution in [0.5, 0.6) is 5.75 Å². The molecule has 4 aliphatic carbocycles. The zero-order valence-corrected chi connectivity index (χ0v) is 14.5. The first-order chi connectivity index (χ1) is 11.6. The van der Waals surface area contributed by atoms with Crippen molar-refractivity contribution < 1.29 is 9.53 Å². The number of rotatable bonds is 4. The lowest BCUT2D eigenvalue weighted by atomic mass is 9.48. The van der Waals surface area contributed by atoms with E-state index in [1.165, 1.54) is 38.5 Å². The molecule has 1 aromatic rings. The molecule has 0 atom stereocenters. The van der Waals surface area contributed by atoms with Gasteiger partial charge in [-0.1, -0.05) is 6.07 Å². The molecule has 0 unspecified atom stereocenters. The van der Waals surface area contributed by atoms with Gasteiger partial charge in [0.05, 0.1) is 7.11 Å². The third-order valence-corrected chi connectivity index (χ3v) is 6.46. The van der Waals surface area contributed by atoms with E-state index < -0.39 is 0 Å². The van der Waals surface area contributed by atoms with Gasteiger partial charge in [0.15, 0.2) is 0 Å². The van der Waals surface area contributed by atoms with Crippen molar-refractivity contribution in [3.8, 4) is 5.75 Å². The molecule has 0 heterocycles. The van der Waals surface area contributed by atoms with Crippen LogP contribution in [0, 0.1) is 23.2 Å². The predicted molar refractivity (Wildman–Crippen MR) is 94.2 cm³/mol. The van der Waals surface area contributed by atoms with E-state index in [0.29, 0.717) is 11.3 Å². The average Bonchev–Trinajstić information content (AvgIpc) is 2.58. The Morgan fingerprint density at radius 3 is 2.38 bits per heavy atom. The molecule has 4 nitrogen and oxygen atoms in total. The summed E-state index contributed by atoms with van der Waals surface area (Å²) in [6.07, 6.45) is 8.06. The van der Waals surface area contributed by atoms with Gasteiger partial charge in [0.2, 0.25) is 0 Å². The van der Waals surface area contributed by atoms with Crippen molar-refractivity contribution in [3.05, 3.63) is 29.8 Å². The summed E-state index contributed by atoms with van der Waals surface area (Å²) < 4.78 is 5.18. The Kier molecular flexibility index (Phi) is 3.86. The Labute approximate surface area is 143 Å². The summed E-state index contributed by atoms with van der Waals surface area (Å²) in [5.41, 5.74) is 4.72. The molecule has 24 heavy (non-hydrogen) atoms. The van der Waals surface area contributed by atoms with Crippen LogP contribution in [0.2, 0.25) is 0 Å². The fourth-order valence-corrected chi connectivity index (χ4v) is 5.64. The number of hydrazone groups is 1. The topological polar surface area (TPSA) is 50.7 Å². The monoisotopic (exact) mass is 326 g/mol. The summed E-state index contributed by atoms with van der Waals surface area (Å²) in [7, 11) is 1.60. The van der Waals surface area contributed by atoms with Gasteiger partial charge in [0.1, 0.15) is 5.75 Å². The van der Waals surface area contributed by atoms with Gasteiger partial charge in [0, 0.05) is 16.7 Å². The highest BCUT2D eigenvalue weighted by molar-refractivity contribution is 5.96. The summed E-state index contributed by atoms with van der Waals surface area (Å²) in [6, 6.07) is 7.18. The van der Waals surface area contributed by atoms with Gasteiger partial charge in [-0.25, -0.2) is 5.43 Å². The number of ether oxygens (including phenoxy) is 1. The maximum atomic E-state index is 12.4. The van der Waals surface area contributed by atoms with E-state index in [9.17, 15) is 4.79 Å². The predicted octanol–water partition coefficient (Wildman–Crippen LogP) is 4.02. The van der Waals surface area contributed by atoms with E-state index in [2.05, 4.69) is 17.5 Å². The zero-order valence-electron chi connectivity index (χ0n) is 14.5. The molecule has 5 rings (SSSR count). The van der Waals surface area contributed by atoms with Crippen LogP contribution < -0.4 is 10.2 Å². The number of hydrogen-bond acceptors (Lipinski definition) is 3. The Hall–Kier alpha value is -1.84. The van der Waals surface area contributed by atoms with Crippen LogP contribution in [-0.2, 0) is 0 Å².